The molecule has 0 saturated heterocycles. The van der Waals surface area contributed by atoms with Gasteiger partial charge in [0, 0.05) is 121 Å². The van der Waals surface area contributed by atoms with E-state index in [1.54, 1.807) is 24.4 Å². The normalized spacial score (nSPS) is 15.5. The number of aromatic amines is 2. The smallest absolute Gasteiger partial charge is 0.295 e. The van der Waals surface area contributed by atoms with Gasteiger partial charge in [-0.2, -0.15) is 13.0 Å². The maximum absolute atomic E-state index is 14.2. The molecule has 2 aliphatic rings. The van der Waals surface area contributed by atoms with Crippen molar-refractivity contribution in [3.05, 3.63) is 196 Å². The van der Waals surface area contributed by atoms with Gasteiger partial charge >= 0.3 is 0 Å². The summed E-state index contributed by atoms with van der Waals surface area (Å²) < 4.78 is 49.1. The summed E-state index contributed by atoms with van der Waals surface area (Å²) in [4.78, 5) is 80.5. The van der Waals surface area contributed by atoms with Gasteiger partial charge in [0.2, 0.25) is 35.2 Å². The number of nitrogens with one attached hydrogen (secondary N) is 7. The molecule has 2 aromatic heterocycles. The number of anilines is 1. The molecule has 21 nitrogen and oxygen atoms in total. The predicted molar refractivity (Wildman–Crippen MR) is 386 cm³/mol. The Hall–Kier alpha value is -9.74. The van der Waals surface area contributed by atoms with E-state index in [1.165, 1.54) is 76.6 Å². The minimum absolute atomic E-state index is 0.00135. The highest BCUT2D eigenvalue weighted by molar-refractivity contribution is 7.86. The van der Waals surface area contributed by atoms with Crippen LogP contribution in [0.5, 0.6) is 5.75 Å². The summed E-state index contributed by atoms with van der Waals surface area (Å²) in [6.07, 6.45) is 18.2. The SMILES string of the molecule is CCN1C(=CC=CC=CC2=[N+](CCCCCC(=O)NCCOCCOCC(=O)N[C@@H](Cc3ccc(O)cc3)C(=O)N[C@@H](Cc3cnc[nH]3)C(=O)N[C@@H](Cc3c[nH]c4ccccc34)C(=O)NC)c3ccc4c(C)cc(C)cc4c3C2(C)C)C(C)(C)c2c1ccc1c(S(=O)(=O)O)cc(C)cc21. The van der Waals surface area contributed by atoms with Gasteiger partial charge in [0.15, 0.2) is 5.71 Å². The number of hydrogen-bond donors (Lipinski definition) is 9. The lowest BCUT2D eigenvalue weighted by Crippen LogP contribution is -2.58. The van der Waals surface area contributed by atoms with Gasteiger partial charge in [0.05, 0.1) is 31.6 Å². The van der Waals surface area contributed by atoms with E-state index in [4.69, 9.17) is 9.47 Å². The number of aromatic hydroxyl groups is 1. The number of allylic oxidation sites excluding steroid dienone is 6. The zero-order valence-electron chi connectivity index (χ0n) is 57.8. The average Bonchev–Trinajstić information content (AvgIpc) is 1.60. The van der Waals surface area contributed by atoms with Gasteiger partial charge in [-0.05, 0) is 141 Å². The molecule has 0 aliphatic carbocycles. The molecule has 9 N–H and O–H groups in total. The van der Waals surface area contributed by atoms with E-state index in [9.17, 15) is 42.0 Å². The number of phenols is 1. The minimum atomic E-state index is -4.45. The molecule has 0 radical (unpaired) electrons. The van der Waals surface area contributed by atoms with E-state index in [-0.39, 0.29) is 67.6 Å². The average molecular weight is 1360 g/mol. The number of imidazole rings is 1. The highest BCUT2D eigenvalue weighted by Crippen LogP contribution is 2.52. The largest absolute Gasteiger partial charge is 0.508 e. The van der Waals surface area contributed by atoms with Gasteiger partial charge in [-0.3, -0.25) is 28.5 Å². The van der Waals surface area contributed by atoms with Gasteiger partial charge in [0.1, 0.15) is 41.9 Å². The number of unbranched alkanes of at least 4 members (excludes halogenated alkanes) is 2. The van der Waals surface area contributed by atoms with Crippen molar-refractivity contribution in [2.45, 2.75) is 134 Å². The van der Waals surface area contributed by atoms with Crippen molar-refractivity contribution in [1.29, 1.82) is 0 Å². The van der Waals surface area contributed by atoms with Crippen LogP contribution in [-0.2, 0) is 73.7 Å². The first-order valence-corrected chi connectivity index (χ1v) is 35.2. The van der Waals surface area contributed by atoms with Gasteiger partial charge < -0.3 is 56.0 Å². The molecule has 3 atom stereocenters. The van der Waals surface area contributed by atoms with Gasteiger partial charge in [-0.15, -0.1) is 0 Å². The summed E-state index contributed by atoms with van der Waals surface area (Å²) in [5.41, 5.74) is 12.0. The van der Waals surface area contributed by atoms with E-state index in [1.807, 2.05) is 43.3 Å². The lowest BCUT2D eigenvalue weighted by atomic mass is 9.78. The number of nitrogens with zero attached hydrogens (tertiary/aromatic N) is 3. The molecule has 0 fully saturated rings. The van der Waals surface area contributed by atoms with Crippen molar-refractivity contribution in [2.24, 2.45) is 0 Å². The number of benzene rings is 6. The third-order valence-electron chi connectivity index (χ3n) is 18.8. The molecule has 520 valence electrons. The fourth-order valence-electron chi connectivity index (χ4n) is 14.1. The number of aromatic nitrogens is 3. The van der Waals surface area contributed by atoms with Crippen LogP contribution in [0.15, 0.2) is 157 Å². The van der Waals surface area contributed by atoms with E-state index < -0.39 is 63.9 Å². The fourth-order valence-corrected chi connectivity index (χ4v) is 14.9. The zero-order chi connectivity index (χ0) is 70.8. The number of amides is 5. The molecule has 0 bridgehead atoms. The third-order valence-corrected chi connectivity index (χ3v) is 19.7. The van der Waals surface area contributed by atoms with E-state index in [2.05, 4.69) is 154 Å². The second kappa shape index (κ2) is 31.4. The molecule has 5 amide bonds. The van der Waals surface area contributed by atoms with Crippen LogP contribution in [0.1, 0.15) is 105 Å². The van der Waals surface area contributed by atoms with Crippen molar-refractivity contribution in [3.8, 4) is 5.75 Å². The van der Waals surface area contributed by atoms with Crippen LogP contribution in [0.3, 0.4) is 0 Å². The Morgan fingerprint density at radius 2 is 1.39 bits per heavy atom. The second-order valence-electron chi connectivity index (χ2n) is 26.7. The molecule has 10 rings (SSSR count). The number of aryl methyl sites for hydroxylation is 3. The van der Waals surface area contributed by atoms with Crippen molar-refractivity contribution in [1.82, 2.24) is 41.5 Å². The van der Waals surface area contributed by atoms with Crippen molar-refractivity contribution in [3.63, 3.8) is 0 Å². The first kappa shape index (κ1) is 72.0. The van der Waals surface area contributed by atoms with Gasteiger partial charge in [0.25, 0.3) is 10.1 Å². The molecule has 0 spiro atoms. The molecule has 4 heterocycles. The maximum atomic E-state index is 14.2. The molecule has 8 aromatic rings. The quantitative estimate of drug-likeness (QED) is 0.00847. The summed E-state index contributed by atoms with van der Waals surface area (Å²) in [7, 11) is -2.98. The minimum Gasteiger partial charge on any atom is -0.508 e. The highest BCUT2D eigenvalue weighted by Gasteiger charge is 2.46. The summed E-state index contributed by atoms with van der Waals surface area (Å²) in [6, 6.07) is 26.7. The number of para-hydroxylation sites is 1. The molecule has 0 saturated carbocycles. The number of ether oxygens (including phenoxy) is 2. The highest BCUT2D eigenvalue weighted by atomic mass is 32.2. The zero-order valence-corrected chi connectivity index (χ0v) is 58.6. The van der Waals surface area contributed by atoms with Crippen LogP contribution >= 0.6 is 0 Å². The molecular weight excluding hydrogens is 1270 g/mol. The van der Waals surface area contributed by atoms with Gasteiger partial charge in [-0.25, -0.2) is 4.98 Å². The van der Waals surface area contributed by atoms with Crippen LogP contribution in [0, 0.1) is 20.8 Å². The summed E-state index contributed by atoms with van der Waals surface area (Å²) in [5.74, 6) is -2.42. The number of fused-ring (bicyclic) bond motifs is 7. The first-order chi connectivity index (χ1) is 47.4. The Morgan fingerprint density at radius 1 is 0.697 bits per heavy atom. The number of phenolic OH excluding ortho intramolecular Hbond substituents is 1. The third kappa shape index (κ3) is 16.7. The monoisotopic (exact) mass is 1360 g/mol. The number of carbonyl (C=O) groups is 5. The van der Waals surface area contributed by atoms with Gasteiger partial charge in [-0.1, -0.05) is 92.2 Å². The molecule has 22 heteroatoms. The molecular formula is C77H91N10O11S+. The standard InChI is InChI=1S/C77H90N10O11S/c1-10-86-64-31-29-57-59(39-49(3)40-66(57)99(94,95)96)72(64)76(5,6)67(86)21-13-11-14-22-68-77(7,8)71-58-38-48(2)37-50(4)55(58)28-30-65(71)87(68)33-18-12-15-23-69(89)80-32-34-97-35-36-98-46-70(90)83-61(41-51-24-26-54(88)27-25-51)74(92)85-63(43-53-45-79-47-82-53)75(93)84-62(73(91)78-9)42-52-44-81-60-20-17-16-19-56(52)60/h11,13-14,16-17,19-22,24-31,37-40,44-45,47,61-63,81H,10,12,15,18,23,32-36,41-43,46H2,1-9H3,(H7-,78,79,80,82,83,84,85,88,89,90,91,92,93,94,95,96)/p+1/t61-,62-,63-/m0/s1. The van der Waals surface area contributed by atoms with Crippen molar-refractivity contribution >= 4 is 89.2 Å². The Labute approximate surface area is 578 Å². The number of H-pyrrole nitrogens is 2. The Morgan fingerprint density at radius 3 is 2.11 bits per heavy atom. The molecule has 6 aromatic carbocycles. The number of rotatable bonds is 31. The molecule has 99 heavy (non-hydrogen) atoms. The fraction of sp³-hybridized carbons (Fsp3) is 0.364. The van der Waals surface area contributed by atoms with Crippen LogP contribution in [0.4, 0.5) is 11.4 Å². The van der Waals surface area contributed by atoms with Crippen molar-refractivity contribution < 1.29 is 56.1 Å². The summed E-state index contributed by atoms with van der Waals surface area (Å²) >= 11 is 0. The van der Waals surface area contributed by atoms with Crippen LogP contribution in [0.2, 0.25) is 0 Å². The lowest BCUT2D eigenvalue weighted by Gasteiger charge is -2.26. The number of hydrogen-bond acceptors (Lipinski definition) is 12. The predicted octanol–water partition coefficient (Wildman–Crippen LogP) is 9.90. The first-order valence-electron chi connectivity index (χ1n) is 33.8. The number of carbonyl (C=O) groups excluding carboxylic acids is 5. The maximum Gasteiger partial charge on any atom is 0.295 e. The Kier molecular flexibility index (Phi) is 22.9. The van der Waals surface area contributed by atoms with Crippen molar-refractivity contribution in [2.75, 3.05) is 58.0 Å². The lowest BCUT2D eigenvalue weighted by molar-refractivity contribution is -0.438. The summed E-state index contributed by atoms with van der Waals surface area (Å²) in [6.45, 7) is 18.9. The molecule has 0 unspecified atom stereocenters. The summed E-state index contributed by atoms with van der Waals surface area (Å²) in [5, 5.41) is 28.6. The number of likely N-dealkylation sites (N-methyl/N-ethyl adjacent to an activating group) is 2. The molecule has 2 aliphatic heterocycles. The van der Waals surface area contributed by atoms with E-state index >= 15 is 0 Å². The Bertz CT molecular complexity index is 4570. The van der Waals surface area contributed by atoms with E-state index in [0.29, 0.717) is 36.0 Å². The second-order valence-corrected chi connectivity index (χ2v) is 28.0. The van der Waals surface area contributed by atoms with Crippen LogP contribution < -0.4 is 31.5 Å². The van der Waals surface area contributed by atoms with E-state index in [0.717, 1.165) is 63.8 Å². The van der Waals surface area contributed by atoms with Crippen LogP contribution in [-0.4, -0.2) is 144 Å². The topological polar surface area (TPSA) is 289 Å². The Balaban J connectivity index is 0.700. The van der Waals surface area contributed by atoms with Crippen LogP contribution in [0.25, 0.3) is 32.4 Å².